The molecular weight excluding hydrogens is 298 g/mol. The number of pyridine rings is 2. The highest BCUT2D eigenvalue weighted by Crippen LogP contribution is 2.21. The number of anilines is 2. The van der Waals surface area contributed by atoms with E-state index in [0.717, 1.165) is 17.0 Å². The van der Waals surface area contributed by atoms with Crippen LogP contribution in [-0.4, -0.2) is 14.4 Å². The molecule has 0 aromatic carbocycles. The number of nitrogen functional groups attached to an aromatic ring is 1. The Labute approximate surface area is 135 Å². The number of aromatic nitrogens is 3. The second-order valence-electron chi connectivity index (χ2n) is 4.65. The topological polar surface area (TPSA) is 68.2 Å². The summed E-state index contributed by atoms with van der Waals surface area (Å²) in [6.07, 6.45) is 5.58. The van der Waals surface area contributed by atoms with Crippen molar-refractivity contribution in [1.82, 2.24) is 14.4 Å². The summed E-state index contributed by atoms with van der Waals surface area (Å²) < 4.78 is 2.01. The molecule has 0 amide bonds. The van der Waals surface area contributed by atoms with Gasteiger partial charge in [0.1, 0.15) is 10.8 Å². The van der Waals surface area contributed by atoms with Gasteiger partial charge in [0.05, 0.1) is 29.8 Å². The van der Waals surface area contributed by atoms with Crippen molar-refractivity contribution in [3.05, 3.63) is 53.2 Å². The van der Waals surface area contributed by atoms with Crippen LogP contribution in [0.2, 0.25) is 5.15 Å². The number of fused-ring (bicyclic) bond motifs is 1. The van der Waals surface area contributed by atoms with Crippen LogP contribution in [0.1, 0.15) is 25.1 Å². The van der Waals surface area contributed by atoms with E-state index in [1.54, 1.807) is 6.07 Å². The first-order valence-corrected chi connectivity index (χ1v) is 7.59. The van der Waals surface area contributed by atoms with E-state index in [2.05, 4.69) is 22.2 Å². The van der Waals surface area contributed by atoms with E-state index >= 15 is 0 Å². The molecule has 0 radical (unpaired) electrons. The number of hydrogen-bond donors (Lipinski definition) is 2. The average molecular weight is 318 g/mol. The molecule has 0 fully saturated rings. The number of nitrogens with zero attached hydrogens (tertiary/aromatic N) is 3. The van der Waals surface area contributed by atoms with Gasteiger partial charge in [-0.05, 0) is 18.6 Å². The van der Waals surface area contributed by atoms with Crippen LogP contribution in [0.25, 0.3) is 5.65 Å². The third-order valence-electron chi connectivity index (χ3n) is 3.01. The number of hydrogen-bond acceptors (Lipinski definition) is 4. The van der Waals surface area contributed by atoms with E-state index in [0.29, 0.717) is 17.4 Å². The Bertz CT molecular complexity index is 766. The monoisotopic (exact) mass is 317 g/mol. The zero-order valence-corrected chi connectivity index (χ0v) is 13.7. The van der Waals surface area contributed by atoms with Crippen LogP contribution in [0.4, 0.5) is 11.4 Å². The van der Waals surface area contributed by atoms with Gasteiger partial charge < -0.3 is 15.5 Å². The summed E-state index contributed by atoms with van der Waals surface area (Å²) in [5.41, 5.74) is 10.2. The Morgan fingerprint density at radius 3 is 2.82 bits per heavy atom. The van der Waals surface area contributed by atoms with Crippen molar-refractivity contribution in [2.45, 2.75) is 27.3 Å². The van der Waals surface area contributed by atoms with Crippen LogP contribution < -0.4 is 11.1 Å². The van der Waals surface area contributed by atoms with E-state index in [-0.39, 0.29) is 0 Å². The molecule has 0 bridgehead atoms. The summed E-state index contributed by atoms with van der Waals surface area (Å²) in [5.74, 6) is 0. The molecule has 3 heterocycles. The summed E-state index contributed by atoms with van der Waals surface area (Å²) in [4.78, 5) is 8.45. The largest absolute Gasteiger partial charge is 0.396 e. The molecule has 0 aliphatic heterocycles. The summed E-state index contributed by atoms with van der Waals surface area (Å²) in [5, 5.41) is 3.63. The first kappa shape index (κ1) is 16.1. The summed E-state index contributed by atoms with van der Waals surface area (Å²) in [7, 11) is 0. The van der Waals surface area contributed by atoms with Gasteiger partial charge in [0.25, 0.3) is 0 Å². The minimum atomic E-state index is 0.410. The average Bonchev–Trinajstić information content (AvgIpc) is 2.92. The highest BCUT2D eigenvalue weighted by Gasteiger charge is 2.04. The first-order valence-electron chi connectivity index (χ1n) is 7.21. The van der Waals surface area contributed by atoms with E-state index in [9.17, 15) is 0 Å². The van der Waals surface area contributed by atoms with Crippen molar-refractivity contribution < 1.29 is 0 Å². The van der Waals surface area contributed by atoms with Gasteiger partial charge in [0, 0.05) is 18.5 Å². The van der Waals surface area contributed by atoms with Crippen molar-refractivity contribution in [2.24, 2.45) is 0 Å². The predicted molar refractivity (Wildman–Crippen MR) is 92.3 cm³/mol. The van der Waals surface area contributed by atoms with E-state index in [4.69, 9.17) is 17.3 Å². The Morgan fingerprint density at radius 1 is 1.27 bits per heavy atom. The molecule has 3 aromatic heterocycles. The lowest BCUT2D eigenvalue weighted by Gasteiger charge is -2.07. The molecule has 0 spiro atoms. The molecule has 0 aliphatic carbocycles. The Balaban J connectivity index is 0.000000847. The molecule has 116 valence electrons. The van der Waals surface area contributed by atoms with Gasteiger partial charge in [-0.15, -0.1) is 0 Å². The molecule has 0 atom stereocenters. The standard InChI is InChI=1S/C14H14ClN5.C2H6/c1-9-2-3-14-19-10(8-20(14)7-9)5-17-12-4-13(15)18-6-11(12)16;1-2/h2-4,6-8H,5,16H2,1H3,(H,17,18);1-2H3. The van der Waals surface area contributed by atoms with Gasteiger partial charge in [0.15, 0.2) is 0 Å². The van der Waals surface area contributed by atoms with Gasteiger partial charge >= 0.3 is 0 Å². The van der Waals surface area contributed by atoms with E-state index in [1.807, 2.05) is 42.8 Å². The van der Waals surface area contributed by atoms with Crippen LogP contribution >= 0.6 is 11.6 Å². The number of aryl methyl sites for hydroxylation is 1. The molecule has 5 nitrogen and oxygen atoms in total. The molecule has 3 aromatic rings. The van der Waals surface area contributed by atoms with Crippen molar-refractivity contribution in [2.75, 3.05) is 11.1 Å². The second-order valence-corrected chi connectivity index (χ2v) is 5.04. The Hall–Kier alpha value is -2.27. The van der Waals surface area contributed by atoms with Gasteiger partial charge in [-0.25, -0.2) is 9.97 Å². The zero-order chi connectivity index (χ0) is 16.1. The number of halogens is 1. The number of nitrogens with two attached hydrogens (primary N) is 1. The van der Waals surface area contributed by atoms with Gasteiger partial charge in [-0.1, -0.05) is 31.5 Å². The Kier molecular flexibility index (Phi) is 5.22. The quantitative estimate of drug-likeness (QED) is 0.719. The predicted octanol–water partition coefficient (Wildman–Crippen LogP) is 3.91. The minimum absolute atomic E-state index is 0.410. The third kappa shape index (κ3) is 3.68. The maximum Gasteiger partial charge on any atom is 0.137 e. The van der Waals surface area contributed by atoms with Crippen LogP contribution in [0.3, 0.4) is 0 Å². The van der Waals surface area contributed by atoms with Gasteiger partial charge in [0.2, 0.25) is 0 Å². The zero-order valence-electron chi connectivity index (χ0n) is 13.0. The lowest BCUT2D eigenvalue weighted by molar-refractivity contribution is 1.08. The molecule has 3 rings (SSSR count). The van der Waals surface area contributed by atoms with Crippen molar-refractivity contribution in [3.8, 4) is 0 Å². The van der Waals surface area contributed by atoms with Crippen molar-refractivity contribution in [3.63, 3.8) is 0 Å². The van der Waals surface area contributed by atoms with E-state index < -0.39 is 0 Å². The summed E-state index contributed by atoms with van der Waals surface area (Å²) >= 11 is 5.85. The highest BCUT2D eigenvalue weighted by atomic mass is 35.5. The van der Waals surface area contributed by atoms with Gasteiger partial charge in [-0.2, -0.15) is 0 Å². The van der Waals surface area contributed by atoms with Crippen LogP contribution in [-0.2, 0) is 6.54 Å². The van der Waals surface area contributed by atoms with Crippen molar-refractivity contribution >= 4 is 28.6 Å². The maximum atomic E-state index is 5.85. The molecule has 0 aliphatic rings. The smallest absolute Gasteiger partial charge is 0.137 e. The molecular formula is C16H20ClN5. The molecule has 6 heteroatoms. The molecule has 22 heavy (non-hydrogen) atoms. The van der Waals surface area contributed by atoms with Crippen LogP contribution in [0.5, 0.6) is 0 Å². The fourth-order valence-electron chi connectivity index (χ4n) is 2.02. The van der Waals surface area contributed by atoms with Crippen molar-refractivity contribution in [1.29, 1.82) is 0 Å². The molecule has 3 N–H and O–H groups in total. The molecule has 0 saturated carbocycles. The fourth-order valence-corrected chi connectivity index (χ4v) is 2.18. The second kappa shape index (κ2) is 7.13. The third-order valence-corrected chi connectivity index (χ3v) is 3.22. The Morgan fingerprint density at radius 2 is 2.05 bits per heavy atom. The number of imidazole rings is 1. The van der Waals surface area contributed by atoms with Crippen LogP contribution in [0.15, 0.2) is 36.8 Å². The minimum Gasteiger partial charge on any atom is -0.396 e. The maximum absolute atomic E-state index is 5.85. The fraction of sp³-hybridized carbons (Fsp3) is 0.250. The highest BCUT2D eigenvalue weighted by molar-refractivity contribution is 6.29. The van der Waals surface area contributed by atoms with Crippen LogP contribution in [0, 0.1) is 6.92 Å². The summed E-state index contributed by atoms with van der Waals surface area (Å²) in [6.45, 7) is 6.63. The normalized spacial score (nSPS) is 10.2. The first-order chi connectivity index (χ1) is 10.6. The molecule has 0 saturated heterocycles. The lowest BCUT2D eigenvalue weighted by atomic mass is 10.3. The SMILES string of the molecule is CC.Cc1ccc2nc(CNc3cc(Cl)ncc3N)cn2c1. The van der Waals surface area contributed by atoms with Gasteiger partial charge in [-0.3, -0.25) is 0 Å². The number of rotatable bonds is 3. The lowest BCUT2D eigenvalue weighted by Crippen LogP contribution is -2.03. The summed E-state index contributed by atoms with van der Waals surface area (Å²) in [6, 6.07) is 5.74. The van der Waals surface area contributed by atoms with E-state index in [1.165, 1.54) is 11.8 Å². The number of nitrogens with one attached hydrogen (secondary N) is 1. The molecule has 0 unspecified atom stereocenters.